The summed E-state index contributed by atoms with van der Waals surface area (Å²) in [6.07, 6.45) is 5.29. The lowest BCUT2D eigenvalue weighted by Crippen LogP contribution is -2.47. The van der Waals surface area contributed by atoms with Crippen LogP contribution in [0.15, 0.2) is 35.7 Å². The maximum Gasteiger partial charge on any atom is 0.222 e. The molecule has 144 valence electrons. The Balaban J connectivity index is 1.27. The second-order valence-corrected chi connectivity index (χ2v) is 8.37. The smallest absolute Gasteiger partial charge is 0.222 e. The number of aryl methyl sites for hydroxylation is 1. The summed E-state index contributed by atoms with van der Waals surface area (Å²) in [6.45, 7) is 2.41. The van der Waals surface area contributed by atoms with E-state index in [4.69, 9.17) is 9.47 Å². The molecule has 1 aromatic heterocycles. The van der Waals surface area contributed by atoms with Gasteiger partial charge in [-0.05, 0) is 66.8 Å². The highest BCUT2D eigenvalue weighted by atomic mass is 32.1. The Bertz CT molecular complexity index is 775. The first-order chi connectivity index (χ1) is 13.2. The highest BCUT2D eigenvalue weighted by Crippen LogP contribution is 2.44. The summed E-state index contributed by atoms with van der Waals surface area (Å²) in [5.41, 5.74) is 2.56. The average Bonchev–Trinajstić information content (AvgIpc) is 3.20. The number of piperidine rings is 1. The van der Waals surface area contributed by atoms with E-state index in [0.29, 0.717) is 6.42 Å². The molecule has 27 heavy (non-hydrogen) atoms. The van der Waals surface area contributed by atoms with Gasteiger partial charge in [-0.1, -0.05) is 12.1 Å². The number of nitrogens with zero attached hydrogens (tertiary/aromatic N) is 1. The van der Waals surface area contributed by atoms with Gasteiger partial charge in [0.2, 0.25) is 5.91 Å². The molecule has 0 N–H and O–H groups in total. The Morgan fingerprint density at radius 1 is 1.22 bits per heavy atom. The molecule has 0 bridgehead atoms. The van der Waals surface area contributed by atoms with Crippen LogP contribution in [0.25, 0.3) is 0 Å². The number of likely N-dealkylation sites (tertiary alicyclic amines) is 1. The minimum Gasteiger partial charge on any atom is -0.497 e. The van der Waals surface area contributed by atoms with Crippen LogP contribution < -0.4 is 4.74 Å². The van der Waals surface area contributed by atoms with Gasteiger partial charge in [0, 0.05) is 24.4 Å². The number of carbonyl (C=O) groups excluding carboxylic acids is 1. The minimum atomic E-state index is -0.137. The van der Waals surface area contributed by atoms with E-state index in [1.807, 2.05) is 28.4 Å². The van der Waals surface area contributed by atoms with Crippen molar-refractivity contribution in [3.05, 3.63) is 51.7 Å². The van der Waals surface area contributed by atoms with Gasteiger partial charge in [0.15, 0.2) is 0 Å². The summed E-state index contributed by atoms with van der Waals surface area (Å²) in [4.78, 5) is 16.1. The number of carbonyl (C=O) groups is 1. The topological polar surface area (TPSA) is 38.8 Å². The van der Waals surface area contributed by atoms with Crippen molar-refractivity contribution in [1.82, 2.24) is 4.90 Å². The van der Waals surface area contributed by atoms with Crippen LogP contribution in [0.2, 0.25) is 0 Å². The van der Waals surface area contributed by atoms with Gasteiger partial charge in [-0.15, -0.1) is 11.3 Å². The number of thiophene rings is 1. The summed E-state index contributed by atoms with van der Waals surface area (Å²) in [5, 5.41) is 2.18. The van der Waals surface area contributed by atoms with Crippen LogP contribution in [0, 0.1) is 0 Å². The molecule has 1 fully saturated rings. The third-order valence-electron chi connectivity index (χ3n) is 5.85. The van der Waals surface area contributed by atoms with Crippen LogP contribution in [0.5, 0.6) is 5.75 Å². The molecular formula is C22H27NO3S. The van der Waals surface area contributed by atoms with Crippen molar-refractivity contribution in [2.24, 2.45) is 0 Å². The molecule has 1 amide bonds. The Morgan fingerprint density at radius 3 is 2.74 bits per heavy atom. The molecule has 0 saturated carbocycles. The predicted octanol–water partition coefficient (Wildman–Crippen LogP) is 4.17. The van der Waals surface area contributed by atoms with Crippen LogP contribution in [-0.2, 0) is 28.0 Å². The minimum absolute atomic E-state index is 0.137. The predicted molar refractivity (Wildman–Crippen MR) is 107 cm³/mol. The quantitative estimate of drug-likeness (QED) is 0.775. The zero-order valence-electron chi connectivity index (χ0n) is 15.9. The molecule has 1 saturated heterocycles. The first kappa shape index (κ1) is 18.5. The van der Waals surface area contributed by atoms with Gasteiger partial charge in [-0.3, -0.25) is 4.79 Å². The van der Waals surface area contributed by atoms with E-state index in [-0.39, 0.29) is 11.5 Å². The molecule has 2 aromatic rings. The molecule has 2 aliphatic heterocycles. The van der Waals surface area contributed by atoms with Crippen LogP contribution >= 0.6 is 11.3 Å². The standard InChI is InChI=1S/C22H27NO3S/c1-25-19-7-5-17(6-8-19)3-2-4-20(24)23-13-11-22(12-14-23)21-18(9-15-26-22)10-16-27-21/h5-8,10,16H,2-4,9,11-15H2,1H3. The van der Waals surface area contributed by atoms with E-state index in [0.717, 1.165) is 57.6 Å². The van der Waals surface area contributed by atoms with Crippen molar-refractivity contribution in [2.75, 3.05) is 26.8 Å². The lowest BCUT2D eigenvalue weighted by molar-refractivity contribution is -0.140. The molecule has 0 unspecified atom stereocenters. The molecule has 0 atom stereocenters. The highest BCUT2D eigenvalue weighted by molar-refractivity contribution is 7.10. The Kier molecular flexibility index (Phi) is 5.50. The molecule has 1 aromatic carbocycles. The number of amides is 1. The first-order valence-electron chi connectivity index (χ1n) is 9.82. The molecule has 2 aliphatic rings. The van der Waals surface area contributed by atoms with Gasteiger partial charge < -0.3 is 14.4 Å². The van der Waals surface area contributed by atoms with E-state index in [1.54, 1.807) is 7.11 Å². The Labute approximate surface area is 165 Å². The van der Waals surface area contributed by atoms with Crippen LogP contribution in [0.1, 0.15) is 41.7 Å². The largest absolute Gasteiger partial charge is 0.497 e. The van der Waals surface area contributed by atoms with Crippen molar-refractivity contribution in [3.8, 4) is 5.75 Å². The number of benzene rings is 1. The molecule has 0 aliphatic carbocycles. The molecule has 0 radical (unpaired) electrons. The van der Waals surface area contributed by atoms with Gasteiger partial charge in [-0.2, -0.15) is 0 Å². The van der Waals surface area contributed by atoms with Crippen molar-refractivity contribution >= 4 is 17.2 Å². The van der Waals surface area contributed by atoms with Crippen molar-refractivity contribution in [1.29, 1.82) is 0 Å². The van der Waals surface area contributed by atoms with Gasteiger partial charge in [0.1, 0.15) is 11.4 Å². The molecule has 1 spiro atoms. The SMILES string of the molecule is COc1ccc(CCCC(=O)N2CCC3(CC2)OCCc2ccsc23)cc1. The molecule has 3 heterocycles. The summed E-state index contributed by atoms with van der Waals surface area (Å²) in [7, 11) is 1.67. The van der Waals surface area contributed by atoms with E-state index >= 15 is 0 Å². The zero-order chi connectivity index (χ0) is 18.7. The van der Waals surface area contributed by atoms with E-state index in [9.17, 15) is 4.79 Å². The van der Waals surface area contributed by atoms with Crippen molar-refractivity contribution < 1.29 is 14.3 Å². The maximum atomic E-state index is 12.6. The van der Waals surface area contributed by atoms with Crippen molar-refractivity contribution in [2.45, 2.75) is 44.1 Å². The van der Waals surface area contributed by atoms with Crippen LogP contribution in [0.3, 0.4) is 0 Å². The average molecular weight is 386 g/mol. The normalized spacial score (nSPS) is 18.3. The summed E-state index contributed by atoms with van der Waals surface area (Å²) in [6, 6.07) is 10.3. The van der Waals surface area contributed by atoms with Gasteiger partial charge in [0.05, 0.1) is 13.7 Å². The lowest BCUT2D eigenvalue weighted by atomic mass is 9.85. The molecule has 5 heteroatoms. The number of fused-ring (bicyclic) bond motifs is 2. The van der Waals surface area contributed by atoms with E-state index < -0.39 is 0 Å². The number of hydrogen-bond acceptors (Lipinski definition) is 4. The van der Waals surface area contributed by atoms with E-state index in [1.165, 1.54) is 16.0 Å². The highest BCUT2D eigenvalue weighted by Gasteiger charge is 2.42. The second-order valence-electron chi connectivity index (χ2n) is 7.45. The second kappa shape index (κ2) is 8.03. The van der Waals surface area contributed by atoms with Crippen LogP contribution in [-0.4, -0.2) is 37.6 Å². The Hall–Kier alpha value is -1.85. The molecule has 4 nitrogen and oxygen atoms in total. The van der Waals surface area contributed by atoms with Gasteiger partial charge in [0.25, 0.3) is 0 Å². The fraction of sp³-hybridized carbons (Fsp3) is 0.500. The molecular weight excluding hydrogens is 358 g/mol. The first-order valence-corrected chi connectivity index (χ1v) is 10.7. The van der Waals surface area contributed by atoms with Crippen LogP contribution in [0.4, 0.5) is 0 Å². The fourth-order valence-corrected chi connectivity index (χ4v) is 5.40. The third kappa shape index (κ3) is 3.90. The fourth-order valence-electron chi connectivity index (χ4n) is 4.24. The van der Waals surface area contributed by atoms with Gasteiger partial charge >= 0.3 is 0 Å². The summed E-state index contributed by atoms with van der Waals surface area (Å²) in [5.74, 6) is 1.15. The van der Waals surface area contributed by atoms with Gasteiger partial charge in [-0.25, -0.2) is 0 Å². The molecule has 4 rings (SSSR count). The summed E-state index contributed by atoms with van der Waals surface area (Å²) < 4.78 is 11.4. The monoisotopic (exact) mass is 385 g/mol. The Morgan fingerprint density at radius 2 is 2.00 bits per heavy atom. The lowest BCUT2D eigenvalue weighted by Gasteiger charge is -2.43. The number of methoxy groups -OCH3 is 1. The third-order valence-corrected chi connectivity index (χ3v) is 6.99. The number of hydrogen-bond donors (Lipinski definition) is 0. The number of ether oxygens (including phenoxy) is 2. The summed E-state index contributed by atoms with van der Waals surface area (Å²) >= 11 is 1.82. The zero-order valence-corrected chi connectivity index (χ0v) is 16.7. The van der Waals surface area contributed by atoms with Crippen molar-refractivity contribution in [3.63, 3.8) is 0 Å². The van der Waals surface area contributed by atoms with E-state index in [2.05, 4.69) is 23.6 Å². The maximum absolute atomic E-state index is 12.6. The number of rotatable bonds is 5.